The van der Waals surface area contributed by atoms with Gasteiger partial charge in [-0.3, -0.25) is 0 Å². The summed E-state index contributed by atoms with van der Waals surface area (Å²) in [6.45, 7) is 0. The number of benzene rings is 9. The molecule has 0 saturated heterocycles. The molecule has 5 heteroatoms. The fraction of sp³-hybridized carbons (Fsp3) is 0. The lowest BCUT2D eigenvalue weighted by atomic mass is 9.96. The molecule has 13 rings (SSSR count). The van der Waals surface area contributed by atoms with Crippen LogP contribution in [-0.2, 0) is 0 Å². The molecule has 0 fully saturated rings. The van der Waals surface area contributed by atoms with Crippen LogP contribution >= 0.6 is 11.3 Å². The van der Waals surface area contributed by atoms with Crippen molar-refractivity contribution < 1.29 is 0 Å². The molecular formula is C54H32N4S. The number of hydrogen-bond acceptors (Lipinski definition) is 3. The Morgan fingerprint density at radius 3 is 1.80 bits per heavy atom. The lowest BCUT2D eigenvalue weighted by molar-refractivity contribution is 1.18. The van der Waals surface area contributed by atoms with Gasteiger partial charge in [-0.2, -0.15) is 0 Å². The van der Waals surface area contributed by atoms with E-state index in [1.807, 2.05) is 0 Å². The number of nitrogens with zero attached hydrogens (tertiary/aromatic N) is 4. The summed E-state index contributed by atoms with van der Waals surface area (Å²) >= 11 is 1.76. The van der Waals surface area contributed by atoms with Gasteiger partial charge in [-0.05, 0) is 64.7 Å². The van der Waals surface area contributed by atoms with Crippen LogP contribution in [-0.4, -0.2) is 19.1 Å². The number of hydrogen-bond donors (Lipinski definition) is 0. The zero-order valence-corrected chi connectivity index (χ0v) is 32.5. The van der Waals surface area contributed by atoms with E-state index in [4.69, 9.17) is 9.97 Å². The average Bonchev–Trinajstić information content (AvgIpc) is 3.97. The second-order valence-electron chi connectivity index (χ2n) is 15.3. The van der Waals surface area contributed by atoms with Crippen molar-refractivity contribution in [1.29, 1.82) is 0 Å². The second kappa shape index (κ2) is 12.4. The molecule has 4 nitrogen and oxygen atoms in total. The summed E-state index contributed by atoms with van der Waals surface area (Å²) in [5.74, 6) is 0.719. The molecule has 0 atom stereocenters. The van der Waals surface area contributed by atoms with E-state index in [1.165, 1.54) is 69.9 Å². The topological polar surface area (TPSA) is 35.6 Å². The number of thiophene rings is 1. The lowest BCUT2D eigenvalue weighted by Gasteiger charge is -2.13. The molecule has 13 aromatic rings. The molecule has 0 bridgehead atoms. The largest absolute Gasteiger partial charge is 0.309 e. The Balaban J connectivity index is 1.06. The maximum Gasteiger partial charge on any atom is 0.160 e. The molecule has 0 amide bonds. The standard InChI is InChI=1S/C54H32N4S/c1-3-14-33(15-4-1)50-53-51(44-22-9-12-25-48(44)59-53)56-54(55-50)34-16-13-19-36(32-34)58-45-23-10-7-20-39(45)42-28-26-38-37-30-31-47-49(40(37)27-29-41(38)52(42)58)43-21-8-11-24-46(43)57(47)35-17-5-2-6-18-35/h1-32H. The Kier molecular flexibility index (Phi) is 6.85. The minimum Gasteiger partial charge on any atom is -0.309 e. The van der Waals surface area contributed by atoms with E-state index in [-0.39, 0.29) is 0 Å². The summed E-state index contributed by atoms with van der Waals surface area (Å²) < 4.78 is 7.17. The fourth-order valence-electron chi connectivity index (χ4n) is 9.57. The van der Waals surface area contributed by atoms with Crippen molar-refractivity contribution in [3.05, 3.63) is 194 Å². The maximum atomic E-state index is 5.32. The zero-order chi connectivity index (χ0) is 38.6. The maximum absolute atomic E-state index is 5.32. The summed E-state index contributed by atoms with van der Waals surface area (Å²) in [6.07, 6.45) is 0. The molecule has 0 radical (unpaired) electrons. The lowest BCUT2D eigenvalue weighted by Crippen LogP contribution is -1.97. The Morgan fingerprint density at radius 2 is 0.966 bits per heavy atom. The van der Waals surface area contributed by atoms with E-state index in [9.17, 15) is 0 Å². The summed E-state index contributed by atoms with van der Waals surface area (Å²) in [5.41, 5.74) is 11.0. The quantitative estimate of drug-likeness (QED) is 0.167. The van der Waals surface area contributed by atoms with Crippen LogP contribution < -0.4 is 0 Å². The van der Waals surface area contributed by atoms with Gasteiger partial charge in [0.1, 0.15) is 0 Å². The fourth-order valence-corrected chi connectivity index (χ4v) is 10.7. The average molecular weight is 769 g/mol. The molecule has 0 unspecified atom stereocenters. The molecular weight excluding hydrogens is 737 g/mol. The van der Waals surface area contributed by atoms with E-state index >= 15 is 0 Å². The molecule has 0 N–H and O–H groups in total. The first-order valence-electron chi connectivity index (χ1n) is 20.0. The highest BCUT2D eigenvalue weighted by Gasteiger charge is 2.21. The molecule has 59 heavy (non-hydrogen) atoms. The predicted octanol–water partition coefficient (Wildman–Crippen LogP) is 14.7. The number of aromatic nitrogens is 4. The Morgan fingerprint density at radius 1 is 0.373 bits per heavy atom. The molecule has 0 aliphatic carbocycles. The molecule has 0 saturated carbocycles. The van der Waals surface area contributed by atoms with Crippen LogP contribution in [0.1, 0.15) is 0 Å². The summed E-state index contributed by atoms with van der Waals surface area (Å²) in [4.78, 5) is 10.6. The number of para-hydroxylation sites is 3. The molecule has 4 heterocycles. The van der Waals surface area contributed by atoms with Crippen LogP contribution in [0.15, 0.2) is 194 Å². The van der Waals surface area contributed by atoms with Crippen molar-refractivity contribution in [2.75, 3.05) is 0 Å². The smallest absolute Gasteiger partial charge is 0.160 e. The van der Waals surface area contributed by atoms with E-state index in [0.717, 1.165) is 49.6 Å². The van der Waals surface area contributed by atoms with Crippen molar-refractivity contribution >= 4 is 96.8 Å². The van der Waals surface area contributed by atoms with Crippen LogP contribution in [0, 0.1) is 0 Å². The SMILES string of the molecule is c1ccc(-c2nc(-c3cccc(-n4c5ccccc5c5ccc6c7ccc8c(c7ccc6c54)c4ccccc4n8-c4ccccc4)c3)nc3c2sc2ccccc23)cc1. The molecule has 0 spiro atoms. The van der Waals surface area contributed by atoms with Gasteiger partial charge in [-0.25, -0.2) is 9.97 Å². The van der Waals surface area contributed by atoms with E-state index in [0.29, 0.717) is 0 Å². The van der Waals surface area contributed by atoms with Gasteiger partial charge in [0.05, 0.1) is 38.0 Å². The van der Waals surface area contributed by atoms with Gasteiger partial charge in [0.15, 0.2) is 5.82 Å². The Hall–Kier alpha value is -7.60. The number of fused-ring (bicyclic) bond motifs is 14. The van der Waals surface area contributed by atoms with Gasteiger partial charge in [0.2, 0.25) is 0 Å². The highest BCUT2D eigenvalue weighted by Crippen LogP contribution is 2.44. The summed E-state index contributed by atoms with van der Waals surface area (Å²) in [6, 6.07) is 70.1. The summed E-state index contributed by atoms with van der Waals surface area (Å²) in [5, 5.41) is 11.1. The van der Waals surface area contributed by atoms with Crippen molar-refractivity contribution in [3.8, 4) is 34.0 Å². The van der Waals surface area contributed by atoms with Crippen molar-refractivity contribution in [1.82, 2.24) is 19.1 Å². The van der Waals surface area contributed by atoms with Gasteiger partial charge < -0.3 is 9.13 Å². The van der Waals surface area contributed by atoms with Crippen LogP contribution in [0.3, 0.4) is 0 Å². The molecule has 0 aliphatic rings. The van der Waals surface area contributed by atoms with Crippen molar-refractivity contribution in [2.45, 2.75) is 0 Å². The predicted molar refractivity (Wildman–Crippen MR) is 249 cm³/mol. The van der Waals surface area contributed by atoms with Gasteiger partial charge in [-0.15, -0.1) is 11.3 Å². The van der Waals surface area contributed by atoms with Crippen LogP contribution in [0.5, 0.6) is 0 Å². The zero-order valence-electron chi connectivity index (χ0n) is 31.7. The highest BCUT2D eigenvalue weighted by molar-refractivity contribution is 7.26. The third-order valence-electron chi connectivity index (χ3n) is 12.1. The number of rotatable bonds is 4. The van der Waals surface area contributed by atoms with Gasteiger partial charge in [-0.1, -0.05) is 146 Å². The Labute approximate surface area is 342 Å². The van der Waals surface area contributed by atoms with Crippen molar-refractivity contribution in [2.24, 2.45) is 0 Å². The van der Waals surface area contributed by atoms with E-state index < -0.39 is 0 Å². The molecule has 274 valence electrons. The molecule has 4 aromatic heterocycles. The molecule has 0 aliphatic heterocycles. The Bertz CT molecular complexity index is 3840. The molecule has 9 aromatic carbocycles. The monoisotopic (exact) mass is 768 g/mol. The first kappa shape index (κ1) is 32.5. The normalized spacial score (nSPS) is 12.1. The van der Waals surface area contributed by atoms with Crippen LogP contribution in [0.25, 0.3) is 119 Å². The summed E-state index contributed by atoms with van der Waals surface area (Å²) in [7, 11) is 0. The van der Waals surface area contributed by atoms with Gasteiger partial charge >= 0.3 is 0 Å². The first-order chi connectivity index (χ1) is 29.3. The van der Waals surface area contributed by atoms with Gasteiger partial charge in [0, 0.05) is 59.5 Å². The van der Waals surface area contributed by atoms with E-state index in [1.54, 1.807) is 11.3 Å². The van der Waals surface area contributed by atoms with Crippen molar-refractivity contribution in [3.63, 3.8) is 0 Å². The second-order valence-corrected chi connectivity index (χ2v) is 16.4. The third kappa shape index (κ3) is 4.71. The minimum absolute atomic E-state index is 0.719. The van der Waals surface area contributed by atoms with Crippen LogP contribution in [0.4, 0.5) is 0 Å². The minimum atomic E-state index is 0.719. The van der Waals surface area contributed by atoms with Gasteiger partial charge in [0.25, 0.3) is 0 Å². The van der Waals surface area contributed by atoms with E-state index in [2.05, 4.69) is 203 Å². The third-order valence-corrected chi connectivity index (χ3v) is 13.3. The highest BCUT2D eigenvalue weighted by atomic mass is 32.1. The van der Waals surface area contributed by atoms with Crippen LogP contribution in [0.2, 0.25) is 0 Å². The first-order valence-corrected chi connectivity index (χ1v) is 20.8.